The van der Waals surface area contributed by atoms with Crippen molar-refractivity contribution in [2.75, 3.05) is 0 Å². The Kier molecular flexibility index (Phi) is 5.71. The van der Waals surface area contributed by atoms with E-state index in [1.807, 2.05) is 54.9 Å². The molecule has 0 fully saturated rings. The zero-order chi connectivity index (χ0) is 27.9. The minimum Gasteiger partial charge on any atom is -0.256 e. The molecule has 0 radical (unpaired) electrons. The van der Waals surface area contributed by atoms with Crippen molar-refractivity contribution in [3.63, 3.8) is 0 Å². The standard InChI is InChI=1S/C37H23N5/c1-3-8-27-20-30(15-11-24(27)6-1)35-40-36(31-16-12-25-7-2-4-9-28(25)21-31)42-37(41-35)32-17-18-33(39-23-32)29-14-13-26-10-5-19-38-34(26)22-29/h1-23H. The van der Waals surface area contributed by atoms with Gasteiger partial charge in [0, 0.05) is 40.0 Å². The lowest BCUT2D eigenvalue weighted by Crippen LogP contribution is -2.00. The summed E-state index contributed by atoms with van der Waals surface area (Å²) in [6, 6.07) is 43.5. The van der Waals surface area contributed by atoms with Crippen LogP contribution in [0.3, 0.4) is 0 Å². The van der Waals surface area contributed by atoms with Crippen LogP contribution in [-0.4, -0.2) is 24.9 Å². The molecule has 0 aliphatic heterocycles. The van der Waals surface area contributed by atoms with Gasteiger partial charge in [0.25, 0.3) is 0 Å². The summed E-state index contributed by atoms with van der Waals surface area (Å²) in [5.41, 5.74) is 5.52. The third kappa shape index (κ3) is 4.43. The Balaban J connectivity index is 1.25. The maximum atomic E-state index is 4.96. The molecular weight excluding hydrogens is 514 g/mol. The SMILES string of the molecule is c1ccc2cc(-c3nc(-c4ccc(-c5ccc6cccnc6c5)nc4)nc(-c4ccc5ccccc5c4)n3)ccc2c1. The number of pyridine rings is 2. The van der Waals surface area contributed by atoms with E-state index in [2.05, 4.69) is 89.9 Å². The lowest BCUT2D eigenvalue weighted by molar-refractivity contribution is 1.07. The second-order valence-electron chi connectivity index (χ2n) is 10.3. The number of nitrogens with zero attached hydrogens (tertiary/aromatic N) is 5. The zero-order valence-corrected chi connectivity index (χ0v) is 22.5. The van der Waals surface area contributed by atoms with Crippen molar-refractivity contribution in [3.05, 3.63) is 140 Å². The summed E-state index contributed by atoms with van der Waals surface area (Å²) in [7, 11) is 0. The zero-order valence-electron chi connectivity index (χ0n) is 22.5. The normalized spacial score (nSPS) is 11.3. The smallest absolute Gasteiger partial charge is 0.165 e. The van der Waals surface area contributed by atoms with Crippen LogP contribution in [-0.2, 0) is 0 Å². The first-order valence-corrected chi connectivity index (χ1v) is 13.8. The molecular formula is C37H23N5. The first-order chi connectivity index (χ1) is 20.8. The Morgan fingerprint density at radius 3 is 1.50 bits per heavy atom. The number of hydrogen-bond donors (Lipinski definition) is 0. The molecule has 0 spiro atoms. The summed E-state index contributed by atoms with van der Waals surface area (Å²) in [5, 5.41) is 5.73. The van der Waals surface area contributed by atoms with Crippen LogP contribution in [0.15, 0.2) is 140 Å². The van der Waals surface area contributed by atoms with Crippen molar-refractivity contribution in [3.8, 4) is 45.4 Å². The second kappa shape index (κ2) is 9.98. The van der Waals surface area contributed by atoms with Crippen molar-refractivity contribution >= 4 is 32.4 Å². The first-order valence-electron chi connectivity index (χ1n) is 13.8. The number of fused-ring (bicyclic) bond motifs is 3. The monoisotopic (exact) mass is 537 g/mol. The molecule has 8 rings (SSSR count). The van der Waals surface area contributed by atoms with Gasteiger partial charge in [0.2, 0.25) is 0 Å². The van der Waals surface area contributed by atoms with Gasteiger partial charge in [0.05, 0.1) is 11.2 Å². The van der Waals surface area contributed by atoms with E-state index in [-0.39, 0.29) is 0 Å². The van der Waals surface area contributed by atoms with E-state index in [1.165, 1.54) is 10.8 Å². The van der Waals surface area contributed by atoms with Crippen molar-refractivity contribution in [2.24, 2.45) is 0 Å². The largest absolute Gasteiger partial charge is 0.256 e. The van der Waals surface area contributed by atoms with E-state index in [9.17, 15) is 0 Å². The maximum absolute atomic E-state index is 4.96. The molecule has 0 unspecified atom stereocenters. The van der Waals surface area contributed by atoms with Crippen molar-refractivity contribution in [1.29, 1.82) is 0 Å². The number of aromatic nitrogens is 5. The van der Waals surface area contributed by atoms with E-state index in [1.54, 1.807) is 0 Å². The fourth-order valence-electron chi connectivity index (χ4n) is 5.34. The summed E-state index contributed by atoms with van der Waals surface area (Å²) in [6.45, 7) is 0. The van der Waals surface area contributed by atoms with Gasteiger partial charge in [-0.25, -0.2) is 15.0 Å². The quantitative estimate of drug-likeness (QED) is 0.224. The van der Waals surface area contributed by atoms with Crippen molar-refractivity contribution < 1.29 is 0 Å². The second-order valence-corrected chi connectivity index (χ2v) is 10.3. The molecule has 8 aromatic rings. The van der Waals surface area contributed by atoms with Crippen molar-refractivity contribution in [2.45, 2.75) is 0 Å². The van der Waals surface area contributed by atoms with Gasteiger partial charge in [-0.15, -0.1) is 0 Å². The van der Waals surface area contributed by atoms with E-state index < -0.39 is 0 Å². The Morgan fingerprint density at radius 1 is 0.357 bits per heavy atom. The van der Waals surface area contributed by atoms with Crippen LogP contribution in [0, 0.1) is 0 Å². The van der Waals surface area contributed by atoms with E-state index in [0.717, 1.165) is 49.6 Å². The van der Waals surface area contributed by atoms with Gasteiger partial charge in [0.1, 0.15) is 0 Å². The molecule has 0 amide bonds. The van der Waals surface area contributed by atoms with Crippen LogP contribution in [0.4, 0.5) is 0 Å². The number of rotatable bonds is 4. The summed E-state index contributed by atoms with van der Waals surface area (Å²) in [5.74, 6) is 1.83. The highest BCUT2D eigenvalue weighted by molar-refractivity contribution is 5.88. The molecule has 3 heterocycles. The molecule has 196 valence electrons. The molecule has 0 N–H and O–H groups in total. The first kappa shape index (κ1) is 24.0. The Bertz CT molecular complexity index is 2160. The molecule has 0 saturated heterocycles. The molecule has 42 heavy (non-hydrogen) atoms. The third-order valence-corrected chi connectivity index (χ3v) is 7.57. The molecule has 0 saturated carbocycles. The molecule has 5 heteroatoms. The highest BCUT2D eigenvalue weighted by Gasteiger charge is 2.14. The predicted octanol–water partition coefficient (Wildman–Crippen LogP) is 8.79. The van der Waals surface area contributed by atoms with Gasteiger partial charge in [-0.3, -0.25) is 9.97 Å². The minimum absolute atomic E-state index is 0.579. The summed E-state index contributed by atoms with van der Waals surface area (Å²) < 4.78 is 0. The van der Waals surface area contributed by atoms with Gasteiger partial charge in [-0.05, 0) is 57.9 Å². The molecule has 0 aliphatic carbocycles. The highest BCUT2D eigenvalue weighted by atomic mass is 15.0. The van der Waals surface area contributed by atoms with Crippen molar-refractivity contribution in [1.82, 2.24) is 24.9 Å². The Hall–Kier alpha value is -5.81. The molecule has 0 aliphatic rings. The average molecular weight is 538 g/mol. The van der Waals surface area contributed by atoms with Crippen LogP contribution in [0.5, 0.6) is 0 Å². The fourth-order valence-corrected chi connectivity index (χ4v) is 5.34. The molecule has 0 atom stereocenters. The lowest BCUT2D eigenvalue weighted by atomic mass is 10.1. The molecule has 5 aromatic carbocycles. The van der Waals surface area contributed by atoms with E-state index in [4.69, 9.17) is 19.9 Å². The van der Waals surface area contributed by atoms with Crippen LogP contribution >= 0.6 is 0 Å². The molecule has 0 bridgehead atoms. The highest BCUT2D eigenvalue weighted by Crippen LogP contribution is 2.29. The number of hydrogen-bond acceptors (Lipinski definition) is 5. The van der Waals surface area contributed by atoms with Gasteiger partial charge in [-0.1, -0.05) is 91.0 Å². The Morgan fingerprint density at radius 2 is 0.881 bits per heavy atom. The van der Waals surface area contributed by atoms with Crippen LogP contribution in [0.2, 0.25) is 0 Å². The molecule has 3 aromatic heterocycles. The van der Waals surface area contributed by atoms with Gasteiger partial charge < -0.3 is 0 Å². The summed E-state index contributed by atoms with van der Waals surface area (Å²) >= 11 is 0. The third-order valence-electron chi connectivity index (χ3n) is 7.57. The van der Waals surface area contributed by atoms with Gasteiger partial charge in [0.15, 0.2) is 17.5 Å². The maximum Gasteiger partial charge on any atom is 0.165 e. The topological polar surface area (TPSA) is 64.5 Å². The molecule has 5 nitrogen and oxygen atoms in total. The lowest BCUT2D eigenvalue weighted by Gasteiger charge is -2.10. The van der Waals surface area contributed by atoms with E-state index >= 15 is 0 Å². The Labute approximate surface area is 242 Å². The van der Waals surface area contributed by atoms with E-state index in [0.29, 0.717) is 17.5 Å². The van der Waals surface area contributed by atoms with Crippen LogP contribution < -0.4 is 0 Å². The summed E-state index contributed by atoms with van der Waals surface area (Å²) in [4.78, 5) is 24.1. The average Bonchev–Trinajstić information content (AvgIpc) is 3.07. The predicted molar refractivity (Wildman–Crippen MR) is 170 cm³/mol. The minimum atomic E-state index is 0.579. The van der Waals surface area contributed by atoms with Gasteiger partial charge >= 0.3 is 0 Å². The summed E-state index contributed by atoms with van der Waals surface area (Å²) in [6.07, 6.45) is 3.64. The fraction of sp³-hybridized carbons (Fsp3) is 0. The van der Waals surface area contributed by atoms with Crippen LogP contribution in [0.1, 0.15) is 0 Å². The van der Waals surface area contributed by atoms with Crippen LogP contribution in [0.25, 0.3) is 77.9 Å². The van der Waals surface area contributed by atoms with Gasteiger partial charge in [-0.2, -0.15) is 0 Å². The number of benzene rings is 5.